The van der Waals surface area contributed by atoms with Crippen LogP contribution in [0.25, 0.3) is 0 Å². The maximum atomic E-state index is 5.93. The van der Waals surface area contributed by atoms with Gasteiger partial charge in [-0.3, -0.25) is 11.3 Å². The van der Waals surface area contributed by atoms with Crippen LogP contribution >= 0.6 is 34.7 Å². The van der Waals surface area contributed by atoms with Crippen LogP contribution in [0.1, 0.15) is 26.9 Å². The molecule has 1 aromatic heterocycles. The Morgan fingerprint density at radius 3 is 2.80 bits per heavy atom. The van der Waals surface area contributed by atoms with Gasteiger partial charge in [-0.25, -0.2) is 0 Å². The van der Waals surface area contributed by atoms with E-state index < -0.39 is 0 Å². The Morgan fingerprint density at radius 2 is 2.10 bits per heavy atom. The van der Waals surface area contributed by atoms with E-state index in [0.717, 1.165) is 17.2 Å². The zero-order valence-corrected chi connectivity index (χ0v) is 13.5. The molecular weight excluding hydrogens is 308 g/mol. The fourth-order valence-electron chi connectivity index (χ4n) is 2.44. The number of aryl methyl sites for hydroxylation is 1. The highest BCUT2D eigenvalue weighted by molar-refractivity contribution is 7.98. The van der Waals surface area contributed by atoms with Crippen LogP contribution in [-0.4, -0.2) is 5.75 Å². The summed E-state index contributed by atoms with van der Waals surface area (Å²) in [7, 11) is 0. The second kappa shape index (κ2) is 6.50. The lowest BCUT2D eigenvalue weighted by Crippen LogP contribution is -2.28. The largest absolute Gasteiger partial charge is 0.271 e. The molecule has 0 aliphatic carbocycles. The monoisotopic (exact) mass is 324 g/mol. The van der Waals surface area contributed by atoms with Gasteiger partial charge in [-0.1, -0.05) is 23.7 Å². The number of thioether (sulfide) groups is 1. The van der Waals surface area contributed by atoms with Gasteiger partial charge in [0.1, 0.15) is 0 Å². The van der Waals surface area contributed by atoms with Crippen molar-refractivity contribution in [2.45, 2.75) is 24.6 Å². The number of fused-ring (bicyclic) bond motifs is 1. The van der Waals surface area contributed by atoms with Crippen LogP contribution in [0.15, 0.2) is 30.3 Å². The second-order valence-electron chi connectivity index (χ2n) is 4.95. The second-order valence-corrected chi connectivity index (χ2v) is 7.66. The highest BCUT2D eigenvalue weighted by atomic mass is 35.5. The molecule has 1 aliphatic rings. The molecule has 5 heteroatoms. The number of hydrogen-bond donors (Lipinski definition) is 2. The molecule has 2 heterocycles. The topological polar surface area (TPSA) is 38.0 Å². The minimum Gasteiger partial charge on any atom is -0.271 e. The lowest BCUT2D eigenvalue weighted by molar-refractivity contribution is 0.560. The van der Waals surface area contributed by atoms with E-state index in [1.54, 1.807) is 0 Å². The lowest BCUT2D eigenvalue weighted by Gasteiger charge is -2.14. The molecule has 0 saturated heterocycles. The summed E-state index contributed by atoms with van der Waals surface area (Å²) in [6.07, 6.45) is 2.09. The minimum absolute atomic E-state index is 0.178. The standard InChI is InChI=1S/C15H17ClN2S2/c16-12-3-1-10(2-4-12)7-13(18-17)15-8-11-9-19-6-5-14(11)20-15/h1-4,8,13,18H,5-7,9,17H2. The molecule has 106 valence electrons. The van der Waals surface area contributed by atoms with Crippen LogP contribution in [0.4, 0.5) is 0 Å². The Bertz CT molecular complexity index is 557. The normalized spacial score (nSPS) is 15.9. The third-order valence-electron chi connectivity index (χ3n) is 3.54. The molecule has 0 spiro atoms. The van der Waals surface area contributed by atoms with E-state index in [1.165, 1.54) is 33.1 Å². The molecule has 3 rings (SSSR count). The zero-order chi connectivity index (χ0) is 13.9. The summed E-state index contributed by atoms with van der Waals surface area (Å²) in [5, 5.41) is 0.773. The van der Waals surface area contributed by atoms with Gasteiger partial charge in [0.15, 0.2) is 0 Å². The first kappa shape index (κ1) is 14.4. The van der Waals surface area contributed by atoms with Crippen molar-refractivity contribution in [2.75, 3.05) is 5.75 Å². The van der Waals surface area contributed by atoms with E-state index in [0.29, 0.717) is 0 Å². The van der Waals surface area contributed by atoms with Gasteiger partial charge in [-0.2, -0.15) is 11.8 Å². The minimum atomic E-state index is 0.178. The quantitative estimate of drug-likeness (QED) is 0.661. The number of hydrogen-bond acceptors (Lipinski definition) is 4. The predicted molar refractivity (Wildman–Crippen MR) is 89.4 cm³/mol. The summed E-state index contributed by atoms with van der Waals surface area (Å²) in [5.41, 5.74) is 5.71. The van der Waals surface area contributed by atoms with Crippen molar-refractivity contribution in [3.8, 4) is 0 Å². The van der Waals surface area contributed by atoms with Crippen LogP contribution in [0, 0.1) is 0 Å². The number of rotatable bonds is 4. The Hall–Kier alpha value is -0.520. The summed E-state index contributed by atoms with van der Waals surface area (Å²) in [5.74, 6) is 8.15. The van der Waals surface area contributed by atoms with Gasteiger partial charge in [-0.05, 0) is 47.9 Å². The van der Waals surface area contributed by atoms with Gasteiger partial charge in [0, 0.05) is 20.5 Å². The molecule has 3 N–H and O–H groups in total. The number of nitrogens with one attached hydrogen (secondary N) is 1. The molecule has 0 saturated carbocycles. The Kier molecular flexibility index (Phi) is 4.68. The summed E-state index contributed by atoms with van der Waals surface area (Å²) in [6, 6.07) is 10.5. The third kappa shape index (κ3) is 3.21. The highest BCUT2D eigenvalue weighted by Crippen LogP contribution is 2.35. The number of nitrogens with two attached hydrogens (primary N) is 1. The fourth-order valence-corrected chi connectivity index (χ4v) is 5.00. The van der Waals surface area contributed by atoms with E-state index in [-0.39, 0.29) is 6.04 Å². The van der Waals surface area contributed by atoms with Crippen LogP contribution in [0.3, 0.4) is 0 Å². The molecule has 1 atom stereocenters. The van der Waals surface area contributed by atoms with E-state index >= 15 is 0 Å². The average Bonchev–Trinajstić information content (AvgIpc) is 2.90. The van der Waals surface area contributed by atoms with Gasteiger partial charge < -0.3 is 0 Å². The molecule has 0 amide bonds. The van der Waals surface area contributed by atoms with Crippen molar-refractivity contribution in [1.82, 2.24) is 5.43 Å². The van der Waals surface area contributed by atoms with Crippen LogP contribution < -0.4 is 11.3 Å². The molecule has 0 radical (unpaired) electrons. The summed E-state index contributed by atoms with van der Waals surface area (Å²) in [4.78, 5) is 2.88. The van der Waals surface area contributed by atoms with Gasteiger partial charge >= 0.3 is 0 Å². The molecule has 0 bridgehead atoms. The smallest absolute Gasteiger partial charge is 0.0593 e. The first-order valence-electron chi connectivity index (χ1n) is 6.66. The maximum absolute atomic E-state index is 5.93. The van der Waals surface area contributed by atoms with Crippen molar-refractivity contribution in [3.63, 3.8) is 0 Å². The third-order valence-corrected chi connectivity index (χ3v) is 6.16. The Balaban J connectivity index is 1.79. The molecule has 20 heavy (non-hydrogen) atoms. The summed E-state index contributed by atoms with van der Waals surface area (Å²) < 4.78 is 0. The molecule has 1 aliphatic heterocycles. The Labute approximate surface area is 132 Å². The number of thiophene rings is 1. The van der Waals surface area contributed by atoms with E-state index in [9.17, 15) is 0 Å². The van der Waals surface area contributed by atoms with Crippen molar-refractivity contribution >= 4 is 34.7 Å². The van der Waals surface area contributed by atoms with Gasteiger partial charge in [0.25, 0.3) is 0 Å². The molecule has 2 nitrogen and oxygen atoms in total. The van der Waals surface area contributed by atoms with Gasteiger partial charge in [0.2, 0.25) is 0 Å². The first-order chi connectivity index (χ1) is 9.76. The zero-order valence-electron chi connectivity index (χ0n) is 11.1. The van der Waals surface area contributed by atoms with Gasteiger partial charge in [-0.15, -0.1) is 11.3 Å². The molecule has 0 fully saturated rings. The van der Waals surface area contributed by atoms with E-state index in [4.69, 9.17) is 17.4 Å². The molecular formula is C15H17ClN2S2. The fraction of sp³-hybridized carbons (Fsp3) is 0.333. The van der Waals surface area contributed by atoms with Crippen molar-refractivity contribution < 1.29 is 0 Å². The Morgan fingerprint density at radius 1 is 1.30 bits per heavy atom. The maximum Gasteiger partial charge on any atom is 0.0593 e. The highest BCUT2D eigenvalue weighted by Gasteiger charge is 2.19. The lowest BCUT2D eigenvalue weighted by atomic mass is 10.0. The first-order valence-corrected chi connectivity index (χ1v) is 9.01. The molecule has 1 unspecified atom stereocenters. The van der Waals surface area contributed by atoms with Crippen LogP contribution in [-0.2, 0) is 18.6 Å². The van der Waals surface area contributed by atoms with Crippen molar-refractivity contribution in [1.29, 1.82) is 0 Å². The number of halogens is 1. The molecule has 2 aromatic rings. The average molecular weight is 325 g/mol. The number of hydrazine groups is 1. The van der Waals surface area contributed by atoms with Crippen LogP contribution in [0.5, 0.6) is 0 Å². The van der Waals surface area contributed by atoms with Crippen molar-refractivity contribution in [2.24, 2.45) is 5.84 Å². The van der Waals surface area contributed by atoms with E-state index in [1.807, 2.05) is 35.2 Å². The van der Waals surface area contributed by atoms with Crippen LogP contribution in [0.2, 0.25) is 5.02 Å². The van der Waals surface area contributed by atoms with Crippen molar-refractivity contribution in [3.05, 3.63) is 56.2 Å². The summed E-state index contributed by atoms with van der Waals surface area (Å²) in [6.45, 7) is 0. The number of benzene rings is 1. The molecule has 1 aromatic carbocycles. The predicted octanol–water partition coefficient (Wildman–Crippen LogP) is 3.94. The summed E-state index contributed by atoms with van der Waals surface area (Å²) >= 11 is 9.85. The van der Waals surface area contributed by atoms with E-state index in [2.05, 4.69) is 23.6 Å². The van der Waals surface area contributed by atoms with Gasteiger partial charge in [0.05, 0.1) is 6.04 Å². The SMILES string of the molecule is NNC(Cc1ccc(Cl)cc1)c1cc2c(s1)CCSC2.